The molecule has 0 radical (unpaired) electrons. The van der Waals surface area contributed by atoms with Gasteiger partial charge in [0, 0.05) is 21.6 Å². The Balaban J connectivity index is 1.74. The molecule has 0 saturated heterocycles. The number of hydrogen-bond acceptors (Lipinski definition) is 5. The zero-order valence-electron chi connectivity index (χ0n) is 16.7. The van der Waals surface area contributed by atoms with E-state index in [0.717, 1.165) is 39.5 Å². The average molecular weight is 496 g/mol. The lowest BCUT2D eigenvalue weighted by Gasteiger charge is -2.13. The number of Topliss-reactive ketones (excluding diaryl/α,β-unsaturated/α-hetero) is 1. The Morgan fingerprint density at radius 3 is 2.79 bits per heavy atom. The summed E-state index contributed by atoms with van der Waals surface area (Å²) < 4.78 is 6.46. The zero-order valence-corrected chi connectivity index (χ0v) is 19.9. The van der Waals surface area contributed by atoms with Crippen LogP contribution in [0.25, 0.3) is 0 Å². The maximum absolute atomic E-state index is 12.9. The Kier molecular flexibility index (Phi) is 7.30. The first-order chi connectivity index (χ1) is 13.8. The molecule has 4 nitrogen and oxygen atoms in total. The minimum atomic E-state index is -0.115. The number of aliphatic imine (C=N–C) groups is 1. The van der Waals surface area contributed by atoms with Crippen molar-refractivity contribution in [2.45, 2.75) is 32.2 Å². The van der Waals surface area contributed by atoms with E-state index in [4.69, 9.17) is 16.3 Å². The zero-order chi connectivity index (χ0) is 21.0. The number of ketones is 1. The van der Waals surface area contributed by atoms with Crippen LogP contribution in [0.3, 0.4) is 0 Å². The molecule has 0 fully saturated rings. The molecule has 1 N–H and O–H groups in total. The van der Waals surface area contributed by atoms with Crippen LogP contribution in [-0.4, -0.2) is 35.9 Å². The van der Waals surface area contributed by atoms with Crippen molar-refractivity contribution in [1.29, 1.82) is 0 Å². The molecule has 0 saturated carbocycles. The Morgan fingerprint density at radius 1 is 1.31 bits per heavy atom. The number of hydrogen-bond donors (Lipinski definition) is 1. The molecule has 2 aromatic rings. The maximum Gasteiger partial charge on any atom is 0.173 e. The minimum Gasteiger partial charge on any atom is -0.496 e. The molecule has 0 amide bonds. The summed E-state index contributed by atoms with van der Waals surface area (Å²) in [6.07, 6.45) is 1.38. The van der Waals surface area contributed by atoms with Crippen molar-refractivity contribution in [3.63, 3.8) is 0 Å². The summed E-state index contributed by atoms with van der Waals surface area (Å²) in [4.78, 5) is 17.5. The van der Waals surface area contributed by atoms with E-state index < -0.39 is 0 Å². The fourth-order valence-electron chi connectivity index (χ4n) is 3.22. The van der Waals surface area contributed by atoms with Crippen molar-refractivity contribution in [3.05, 3.63) is 62.6 Å². The molecule has 0 aliphatic carbocycles. The normalized spacial score (nSPS) is 15.0. The number of halogens is 2. The van der Waals surface area contributed by atoms with Gasteiger partial charge in [-0.25, -0.2) is 0 Å². The van der Waals surface area contributed by atoms with Gasteiger partial charge in [-0.05, 0) is 62.1 Å². The van der Waals surface area contributed by atoms with Crippen molar-refractivity contribution < 1.29 is 9.53 Å². The largest absolute Gasteiger partial charge is 0.496 e. The standard InChI is InChI=1S/C22H24BrClN2O2S/c1-22(2)13-25-21(26-22)29-12-19(27)17-5-4-6-18(24)16(17)9-7-14-11-15(23)8-10-20(14)28-3/h4-6,8,10-11H,7,9,12-13H2,1-3H3,(H,25,26). The third kappa shape index (κ3) is 5.77. The van der Waals surface area contributed by atoms with Gasteiger partial charge in [0.05, 0.1) is 18.4 Å². The van der Waals surface area contributed by atoms with Gasteiger partial charge in [0.25, 0.3) is 0 Å². The van der Waals surface area contributed by atoms with Gasteiger partial charge in [-0.2, -0.15) is 0 Å². The van der Waals surface area contributed by atoms with Gasteiger partial charge in [0.15, 0.2) is 11.0 Å². The van der Waals surface area contributed by atoms with Crippen LogP contribution < -0.4 is 10.1 Å². The van der Waals surface area contributed by atoms with E-state index in [0.29, 0.717) is 22.8 Å². The van der Waals surface area contributed by atoms with E-state index in [9.17, 15) is 4.79 Å². The van der Waals surface area contributed by atoms with Crippen molar-refractivity contribution in [2.75, 3.05) is 19.4 Å². The SMILES string of the molecule is COc1ccc(Br)cc1CCc1c(Cl)cccc1C(=O)CSC1=NC(C)(C)CN1. The molecule has 2 aromatic carbocycles. The summed E-state index contributed by atoms with van der Waals surface area (Å²) in [6, 6.07) is 11.5. The van der Waals surface area contributed by atoms with E-state index in [1.807, 2.05) is 36.4 Å². The summed E-state index contributed by atoms with van der Waals surface area (Å²) in [5.41, 5.74) is 2.51. The van der Waals surface area contributed by atoms with E-state index in [-0.39, 0.29) is 11.3 Å². The molecule has 1 aliphatic rings. The van der Waals surface area contributed by atoms with Gasteiger partial charge in [0.1, 0.15) is 5.75 Å². The molecule has 0 unspecified atom stereocenters. The number of rotatable bonds is 7. The molecule has 1 heterocycles. The van der Waals surface area contributed by atoms with Gasteiger partial charge in [0.2, 0.25) is 0 Å². The summed E-state index contributed by atoms with van der Waals surface area (Å²) in [7, 11) is 1.66. The monoisotopic (exact) mass is 494 g/mol. The van der Waals surface area contributed by atoms with Crippen LogP contribution in [-0.2, 0) is 12.8 Å². The van der Waals surface area contributed by atoms with Gasteiger partial charge in [-0.1, -0.05) is 51.4 Å². The van der Waals surface area contributed by atoms with Crippen LogP contribution in [0.2, 0.25) is 5.02 Å². The van der Waals surface area contributed by atoms with Crippen LogP contribution in [0.5, 0.6) is 5.75 Å². The lowest BCUT2D eigenvalue weighted by Crippen LogP contribution is -2.25. The summed E-state index contributed by atoms with van der Waals surface area (Å²) in [5.74, 6) is 1.22. The number of aryl methyl sites for hydroxylation is 1. The smallest absolute Gasteiger partial charge is 0.173 e. The highest BCUT2D eigenvalue weighted by atomic mass is 79.9. The molecule has 29 heavy (non-hydrogen) atoms. The van der Waals surface area contributed by atoms with Crippen molar-refractivity contribution in [1.82, 2.24) is 5.32 Å². The van der Waals surface area contributed by atoms with Crippen molar-refractivity contribution in [3.8, 4) is 5.75 Å². The molecule has 154 valence electrons. The van der Waals surface area contributed by atoms with E-state index >= 15 is 0 Å². The molecule has 1 aliphatic heterocycles. The number of amidine groups is 1. The predicted octanol–water partition coefficient (Wildman–Crippen LogP) is 5.55. The van der Waals surface area contributed by atoms with Gasteiger partial charge >= 0.3 is 0 Å². The molecule has 3 rings (SSSR count). The molecule has 0 aromatic heterocycles. The predicted molar refractivity (Wildman–Crippen MR) is 126 cm³/mol. The number of carbonyl (C=O) groups excluding carboxylic acids is 1. The highest BCUT2D eigenvalue weighted by molar-refractivity contribution is 9.10. The second-order valence-corrected chi connectivity index (χ2v) is 9.80. The topological polar surface area (TPSA) is 50.7 Å². The van der Waals surface area contributed by atoms with Gasteiger partial charge in [-0.15, -0.1) is 0 Å². The second kappa shape index (κ2) is 9.54. The van der Waals surface area contributed by atoms with Crippen LogP contribution in [0, 0.1) is 0 Å². The number of methoxy groups -OCH3 is 1. The number of benzene rings is 2. The van der Waals surface area contributed by atoms with Gasteiger partial charge in [-0.3, -0.25) is 9.79 Å². The summed E-state index contributed by atoms with van der Waals surface area (Å²) >= 11 is 11.4. The third-order valence-electron chi connectivity index (χ3n) is 4.72. The number of ether oxygens (including phenoxy) is 1. The van der Waals surface area contributed by atoms with Crippen LogP contribution in [0.1, 0.15) is 35.3 Å². The van der Waals surface area contributed by atoms with Gasteiger partial charge < -0.3 is 10.1 Å². The van der Waals surface area contributed by atoms with Crippen LogP contribution >= 0.6 is 39.3 Å². The lowest BCUT2D eigenvalue weighted by atomic mass is 9.97. The van der Waals surface area contributed by atoms with Crippen molar-refractivity contribution >= 4 is 50.2 Å². The lowest BCUT2D eigenvalue weighted by molar-refractivity contribution is 0.102. The Hall–Kier alpha value is -1.50. The number of nitrogens with zero attached hydrogens (tertiary/aromatic N) is 1. The Bertz CT molecular complexity index is 946. The highest BCUT2D eigenvalue weighted by Crippen LogP contribution is 2.28. The second-order valence-electron chi connectivity index (χ2n) is 7.52. The average Bonchev–Trinajstić information content (AvgIpc) is 3.04. The Morgan fingerprint density at radius 2 is 2.10 bits per heavy atom. The van der Waals surface area contributed by atoms with Crippen LogP contribution in [0.15, 0.2) is 45.9 Å². The van der Waals surface area contributed by atoms with E-state index in [2.05, 4.69) is 40.1 Å². The quantitative estimate of drug-likeness (QED) is 0.512. The first kappa shape index (κ1) is 22.2. The molecule has 7 heteroatoms. The summed E-state index contributed by atoms with van der Waals surface area (Å²) in [6.45, 7) is 4.93. The fraction of sp³-hybridized carbons (Fsp3) is 0.364. The molecular weight excluding hydrogens is 472 g/mol. The minimum absolute atomic E-state index is 0.0583. The number of carbonyl (C=O) groups is 1. The molecule has 0 spiro atoms. The van der Waals surface area contributed by atoms with Crippen molar-refractivity contribution in [2.24, 2.45) is 4.99 Å². The fourth-order valence-corrected chi connectivity index (χ4v) is 4.80. The molecule has 0 atom stereocenters. The molecule has 0 bridgehead atoms. The Labute approximate surface area is 189 Å². The first-order valence-corrected chi connectivity index (χ1v) is 11.5. The number of thioether (sulfide) groups is 1. The number of nitrogens with one attached hydrogen (secondary N) is 1. The first-order valence-electron chi connectivity index (χ1n) is 9.38. The molecular formula is C22H24BrClN2O2S. The van der Waals surface area contributed by atoms with E-state index in [1.165, 1.54) is 11.8 Å². The summed E-state index contributed by atoms with van der Waals surface area (Å²) in [5, 5.41) is 4.70. The van der Waals surface area contributed by atoms with Crippen LogP contribution in [0.4, 0.5) is 0 Å². The third-order valence-corrected chi connectivity index (χ3v) is 6.49. The maximum atomic E-state index is 12.9. The highest BCUT2D eigenvalue weighted by Gasteiger charge is 2.25. The van der Waals surface area contributed by atoms with E-state index in [1.54, 1.807) is 7.11 Å².